The predicted octanol–water partition coefficient (Wildman–Crippen LogP) is 2.73. The summed E-state index contributed by atoms with van der Waals surface area (Å²) < 4.78 is 5.41. The Morgan fingerprint density at radius 3 is 2.29 bits per heavy atom. The second kappa shape index (κ2) is 8.36. The van der Waals surface area contributed by atoms with Crippen LogP contribution in [0.1, 0.15) is 16.7 Å². The monoisotopic (exact) mass is 346 g/mol. The van der Waals surface area contributed by atoms with Crippen molar-refractivity contribution in [1.82, 2.24) is 10.9 Å². The summed E-state index contributed by atoms with van der Waals surface area (Å²) >= 11 is 5.99. The van der Waals surface area contributed by atoms with E-state index in [0.29, 0.717) is 16.3 Å². The summed E-state index contributed by atoms with van der Waals surface area (Å²) in [4.78, 5) is 23.5. The Morgan fingerprint density at radius 2 is 1.62 bits per heavy atom. The third-order valence-electron chi connectivity index (χ3n) is 3.22. The minimum absolute atomic E-state index is 0.0812. The highest BCUT2D eigenvalue weighted by molar-refractivity contribution is 6.31. The van der Waals surface area contributed by atoms with Crippen LogP contribution in [0.2, 0.25) is 5.02 Å². The molecule has 0 bridgehead atoms. The standard InChI is InChI=1S/C18H19ClN2O3/c1-12-7-13(2)9-15(8-12)24-11-18(23)21-20-17(22)10-14-5-3-4-6-16(14)19/h3-9H,10-11H2,1-2H3,(H,20,22)(H,21,23). The summed E-state index contributed by atoms with van der Waals surface area (Å²) in [6.45, 7) is 3.72. The van der Waals surface area contributed by atoms with Crippen molar-refractivity contribution in [2.75, 3.05) is 6.61 Å². The molecule has 0 radical (unpaired) electrons. The molecule has 0 aliphatic rings. The molecule has 2 rings (SSSR count). The molecule has 0 spiro atoms. The second-order valence-corrected chi connectivity index (χ2v) is 5.88. The van der Waals surface area contributed by atoms with Gasteiger partial charge >= 0.3 is 0 Å². The van der Waals surface area contributed by atoms with Crippen LogP contribution < -0.4 is 15.6 Å². The van der Waals surface area contributed by atoms with E-state index < -0.39 is 5.91 Å². The van der Waals surface area contributed by atoms with Crippen LogP contribution in [0.4, 0.5) is 0 Å². The number of carbonyl (C=O) groups excluding carboxylic acids is 2. The first-order valence-corrected chi connectivity index (χ1v) is 7.84. The van der Waals surface area contributed by atoms with E-state index in [2.05, 4.69) is 10.9 Å². The lowest BCUT2D eigenvalue weighted by Crippen LogP contribution is -2.44. The van der Waals surface area contributed by atoms with E-state index >= 15 is 0 Å². The predicted molar refractivity (Wildman–Crippen MR) is 92.9 cm³/mol. The van der Waals surface area contributed by atoms with E-state index in [9.17, 15) is 9.59 Å². The quantitative estimate of drug-likeness (QED) is 0.818. The maximum atomic E-state index is 11.8. The van der Waals surface area contributed by atoms with Gasteiger partial charge < -0.3 is 4.74 Å². The molecule has 0 aliphatic carbocycles. The fourth-order valence-corrected chi connectivity index (χ4v) is 2.40. The maximum Gasteiger partial charge on any atom is 0.276 e. The molecule has 0 heterocycles. The number of hydrogen-bond donors (Lipinski definition) is 2. The Morgan fingerprint density at radius 1 is 1.00 bits per heavy atom. The molecule has 0 saturated heterocycles. The third-order valence-corrected chi connectivity index (χ3v) is 3.58. The number of amides is 2. The van der Waals surface area contributed by atoms with Gasteiger partial charge in [-0.3, -0.25) is 20.4 Å². The van der Waals surface area contributed by atoms with Gasteiger partial charge in [0.2, 0.25) is 5.91 Å². The largest absolute Gasteiger partial charge is 0.484 e. The van der Waals surface area contributed by atoms with Gasteiger partial charge in [-0.15, -0.1) is 0 Å². The lowest BCUT2D eigenvalue weighted by Gasteiger charge is -2.10. The van der Waals surface area contributed by atoms with Gasteiger partial charge in [0.1, 0.15) is 5.75 Å². The Labute approximate surface area is 145 Å². The zero-order chi connectivity index (χ0) is 17.5. The summed E-state index contributed by atoms with van der Waals surface area (Å²) in [7, 11) is 0. The van der Waals surface area contributed by atoms with Crippen LogP contribution in [0, 0.1) is 13.8 Å². The summed E-state index contributed by atoms with van der Waals surface area (Å²) in [6.07, 6.45) is 0.0812. The Hall–Kier alpha value is -2.53. The molecule has 5 nitrogen and oxygen atoms in total. The van der Waals surface area contributed by atoms with Crippen LogP contribution in [-0.2, 0) is 16.0 Å². The van der Waals surface area contributed by atoms with Gasteiger partial charge in [0.15, 0.2) is 6.61 Å². The smallest absolute Gasteiger partial charge is 0.276 e. The van der Waals surface area contributed by atoms with Crippen molar-refractivity contribution >= 4 is 23.4 Å². The Bertz CT molecular complexity index is 727. The molecule has 0 fully saturated rings. The van der Waals surface area contributed by atoms with Gasteiger partial charge in [0, 0.05) is 5.02 Å². The number of aryl methyl sites for hydroxylation is 2. The molecule has 0 saturated carbocycles. The zero-order valence-electron chi connectivity index (χ0n) is 13.6. The zero-order valence-corrected chi connectivity index (χ0v) is 14.3. The van der Waals surface area contributed by atoms with Crippen molar-refractivity contribution in [3.05, 3.63) is 64.2 Å². The fourth-order valence-electron chi connectivity index (χ4n) is 2.20. The highest BCUT2D eigenvalue weighted by atomic mass is 35.5. The number of rotatable bonds is 5. The molecule has 6 heteroatoms. The molecule has 0 atom stereocenters. The molecular weight excluding hydrogens is 328 g/mol. The highest BCUT2D eigenvalue weighted by Crippen LogP contribution is 2.16. The van der Waals surface area contributed by atoms with Gasteiger partial charge in [-0.2, -0.15) is 0 Å². The van der Waals surface area contributed by atoms with Crippen molar-refractivity contribution in [3.8, 4) is 5.75 Å². The number of benzene rings is 2. The highest BCUT2D eigenvalue weighted by Gasteiger charge is 2.08. The molecular formula is C18H19ClN2O3. The normalized spacial score (nSPS) is 10.1. The van der Waals surface area contributed by atoms with Gasteiger partial charge in [-0.25, -0.2) is 0 Å². The lowest BCUT2D eigenvalue weighted by atomic mass is 10.1. The number of nitrogens with one attached hydrogen (secondary N) is 2. The molecule has 0 aromatic heterocycles. The minimum Gasteiger partial charge on any atom is -0.484 e. The number of ether oxygens (including phenoxy) is 1. The number of hydrogen-bond acceptors (Lipinski definition) is 3. The first-order valence-electron chi connectivity index (χ1n) is 7.46. The first-order chi connectivity index (χ1) is 11.4. The van der Waals surface area contributed by atoms with Crippen molar-refractivity contribution in [2.24, 2.45) is 0 Å². The van der Waals surface area contributed by atoms with Crippen LogP contribution in [-0.4, -0.2) is 18.4 Å². The van der Waals surface area contributed by atoms with Gasteiger partial charge in [-0.05, 0) is 48.7 Å². The van der Waals surface area contributed by atoms with Crippen LogP contribution in [0.25, 0.3) is 0 Å². The topological polar surface area (TPSA) is 67.4 Å². The van der Waals surface area contributed by atoms with Crippen LogP contribution in [0.15, 0.2) is 42.5 Å². The molecule has 2 aromatic carbocycles. The molecule has 2 N–H and O–H groups in total. The van der Waals surface area contributed by atoms with Crippen LogP contribution in [0.3, 0.4) is 0 Å². The van der Waals surface area contributed by atoms with Crippen LogP contribution >= 0.6 is 11.6 Å². The van der Waals surface area contributed by atoms with Crippen molar-refractivity contribution in [2.45, 2.75) is 20.3 Å². The van der Waals surface area contributed by atoms with Crippen molar-refractivity contribution in [1.29, 1.82) is 0 Å². The summed E-state index contributed by atoms with van der Waals surface area (Å²) in [5, 5.41) is 0.511. The van der Waals surface area contributed by atoms with E-state index in [1.54, 1.807) is 24.3 Å². The SMILES string of the molecule is Cc1cc(C)cc(OCC(=O)NNC(=O)Cc2ccccc2Cl)c1. The molecule has 0 aliphatic heterocycles. The van der Waals surface area contributed by atoms with E-state index in [0.717, 1.165) is 11.1 Å². The number of halogens is 1. The van der Waals surface area contributed by atoms with E-state index in [1.807, 2.05) is 32.0 Å². The van der Waals surface area contributed by atoms with Gasteiger partial charge in [0.25, 0.3) is 5.91 Å². The van der Waals surface area contributed by atoms with E-state index in [-0.39, 0.29) is 18.9 Å². The molecule has 126 valence electrons. The van der Waals surface area contributed by atoms with Crippen molar-refractivity contribution < 1.29 is 14.3 Å². The van der Waals surface area contributed by atoms with Crippen LogP contribution in [0.5, 0.6) is 5.75 Å². The average Bonchev–Trinajstić information content (AvgIpc) is 2.52. The third kappa shape index (κ3) is 5.59. The summed E-state index contributed by atoms with van der Waals surface area (Å²) in [5.41, 5.74) is 7.46. The maximum absolute atomic E-state index is 11.8. The average molecular weight is 347 g/mol. The minimum atomic E-state index is -0.443. The molecule has 2 amide bonds. The van der Waals surface area contributed by atoms with Gasteiger partial charge in [-0.1, -0.05) is 35.9 Å². The van der Waals surface area contributed by atoms with Crippen molar-refractivity contribution in [3.63, 3.8) is 0 Å². The van der Waals surface area contributed by atoms with Gasteiger partial charge in [0.05, 0.1) is 6.42 Å². The summed E-state index contributed by atoms with van der Waals surface area (Å²) in [5.74, 6) is -0.186. The van der Waals surface area contributed by atoms with E-state index in [1.165, 1.54) is 0 Å². The number of carbonyl (C=O) groups is 2. The molecule has 24 heavy (non-hydrogen) atoms. The first kappa shape index (κ1) is 17.8. The molecule has 0 unspecified atom stereocenters. The molecule has 2 aromatic rings. The lowest BCUT2D eigenvalue weighted by molar-refractivity contribution is -0.129. The Kier molecular flexibility index (Phi) is 6.21. The Balaban J connectivity index is 1.76. The number of hydrazine groups is 1. The summed E-state index contributed by atoms with van der Waals surface area (Å²) in [6, 6.07) is 12.8. The van der Waals surface area contributed by atoms with E-state index in [4.69, 9.17) is 16.3 Å². The fraction of sp³-hybridized carbons (Fsp3) is 0.222. The second-order valence-electron chi connectivity index (χ2n) is 5.48.